The lowest BCUT2D eigenvalue weighted by Gasteiger charge is -2.13. The summed E-state index contributed by atoms with van der Waals surface area (Å²) >= 11 is 0. The van der Waals surface area contributed by atoms with E-state index < -0.39 is 0 Å². The molecule has 0 fully saturated rings. The summed E-state index contributed by atoms with van der Waals surface area (Å²) in [5.74, 6) is 2.41. The molecule has 2 aromatic carbocycles. The van der Waals surface area contributed by atoms with Crippen molar-refractivity contribution in [3.63, 3.8) is 0 Å². The van der Waals surface area contributed by atoms with Crippen LogP contribution < -0.4 is 9.78 Å². The van der Waals surface area contributed by atoms with E-state index in [1.165, 1.54) is 5.56 Å². The van der Waals surface area contributed by atoms with Crippen molar-refractivity contribution < 1.29 is 9.78 Å². The van der Waals surface area contributed by atoms with Crippen LogP contribution in [0.1, 0.15) is 50.7 Å². The Bertz CT molecular complexity index is 542. The van der Waals surface area contributed by atoms with Gasteiger partial charge in [0.05, 0.1) is 0 Å². The van der Waals surface area contributed by atoms with Crippen molar-refractivity contribution in [1.29, 1.82) is 0 Å². The maximum Gasteiger partial charge on any atom is 0.182 e. The average molecular weight is 270 g/mol. The Labute approximate surface area is 121 Å². The molecule has 2 heteroatoms. The van der Waals surface area contributed by atoms with Crippen LogP contribution in [0.15, 0.2) is 48.5 Å². The molecule has 0 aliphatic heterocycles. The van der Waals surface area contributed by atoms with Gasteiger partial charge in [-0.05, 0) is 35.6 Å². The van der Waals surface area contributed by atoms with Crippen LogP contribution in [0.2, 0.25) is 0 Å². The summed E-state index contributed by atoms with van der Waals surface area (Å²) in [6.45, 7) is 8.62. The van der Waals surface area contributed by atoms with E-state index in [1.807, 2.05) is 30.3 Å². The van der Waals surface area contributed by atoms with Gasteiger partial charge in [-0.15, -0.1) is 0 Å². The van der Waals surface area contributed by atoms with Crippen molar-refractivity contribution in [3.05, 3.63) is 59.7 Å². The molecule has 20 heavy (non-hydrogen) atoms. The van der Waals surface area contributed by atoms with E-state index >= 15 is 0 Å². The first kappa shape index (κ1) is 14.4. The number of hydrogen-bond acceptors (Lipinski definition) is 2. The number of rotatable bonds is 5. The smallest absolute Gasteiger partial charge is 0.182 e. The zero-order chi connectivity index (χ0) is 14.5. The lowest BCUT2D eigenvalue weighted by molar-refractivity contribution is -0.101. The van der Waals surface area contributed by atoms with Crippen molar-refractivity contribution in [1.82, 2.24) is 0 Å². The minimum atomic E-state index is 0.401. The molecule has 0 heterocycles. The van der Waals surface area contributed by atoms with E-state index in [0.717, 1.165) is 11.3 Å². The van der Waals surface area contributed by atoms with Gasteiger partial charge in [0.25, 0.3) is 0 Å². The lowest BCUT2D eigenvalue weighted by Crippen LogP contribution is -2.03. The van der Waals surface area contributed by atoms with Gasteiger partial charge in [0.1, 0.15) is 0 Å². The zero-order valence-electron chi connectivity index (χ0n) is 12.6. The largest absolute Gasteiger partial charge is 0.290 e. The van der Waals surface area contributed by atoms with Gasteiger partial charge in [-0.3, -0.25) is 9.78 Å². The van der Waals surface area contributed by atoms with Gasteiger partial charge in [-0.2, -0.15) is 0 Å². The second-order valence-electron chi connectivity index (χ2n) is 5.58. The Kier molecular flexibility index (Phi) is 4.67. The minimum Gasteiger partial charge on any atom is -0.290 e. The maximum atomic E-state index is 5.48. The van der Waals surface area contributed by atoms with Crippen molar-refractivity contribution in [2.24, 2.45) is 0 Å². The van der Waals surface area contributed by atoms with Gasteiger partial charge in [0, 0.05) is 5.56 Å². The third kappa shape index (κ3) is 3.53. The van der Waals surface area contributed by atoms with Crippen LogP contribution in [0, 0.1) is 0 Å². The summed E-state index contributed by atoms with van der Waals surface area (Å²) in [7, 11) is 0. The van der Waals surface area contributed by atoms with E-state index in [2.05, 4.69) is 45.9 Å². The molecule has 0 aliphatic rings. The molecular formula is C18H22O2. The summed E-state index contributed by atoms with van der Waals surface area (Å²) in [4.78, 5) is 10.9. The van der Waals surface area contributed by atoms with Crippen LogP contribution in [0.5, 0.6) is 11.5 Å². The summed E-state index contributed by atoms with van der Waals surface area (Å²) in [6, 6.07) is 16.0. The Morgan fingerprint density at radius 1 is 0.700 bits per heavy atom. The monoisotopic (exact) mass is 270 g/mol. The molecule has 0 N–H and O–H groups in total. The highest BCUT2D eigenvalue weighted by molar-refractivity contribution is 5.35. The van der Waals surface area contributed by atoms with Crippen molar-refractivity contribution in [3.8, 4) is 11.5 Å². The molecule has 0 bridgehead atoms. The lowest BCUT2D eigenvalue weighted by atomic mass is 10.0. The third-order valence-corrected chi connectivity index (χ3v) is 3.32. The first-order valence-corrected chi connectivity index (χ1v) is 7.11. The highest BCUT2D eigenvalue weighted by atomic mass is 17.2. The molecule has 0 amide bonds. The Balaban J connectivity index is 2.05. The van der Waals surface area contributed by atoms with Crippen molar-refractivity contribution in [2.45, 2.75) is 39.5 Å². The normalized spacial score (nSPS) is 10.9. The molecule has 0 atom stereocenters. The highest BCUT2D eigenvalue weighted by Gasteiger charge is 2.08. The molecular weight excluding hydrogens is 248 g/mol. The molecule has 0 unspecified atom stereocenters. The molecule has 2 rings (SSSR count). The van der Waals surface area contributed by atoms with Crippen LogP contribution in [-0.4, -0.2) is 0 Å². The van der Waals surface area contributed by atoms with Crippen molar-refractivity contribution in [2.75, 3.05) is 0 Å². The van der Waals surface area contributed by atoms with E-state index in [9.17, 15) is 0 Å². The predicted molar refractivity (Wildman–Crippen MR) is 82.3 cm³/mol. The van der Waals surface area contributed by atoms with Crippen LogP contribution in [0.25, 0.3) is 0 Å². The fourth-order valence-corrected chi connectivity index (χ4v) is 2.03. The Morgan fingerprint density at radius 2 is 1.35 bits per heavy atom. The molecule has 0 saturated carbocycles. The second kappa shape index (κ2) is 6.47. The number of benzene rings is 2. The molecule has 0 aromatic heterocycles. The molecule has 0 spiro atoms. The van der Waals surface area contributed by atoms with Gasteiger partial charge in [0.15, 0.2) is 11.5 Å². The summed E-state index contributed by atoms with van der Waals surface area (Å²) in [5, 5.41) is 0. The van der Waals surface area contributed by atoms with Gasteiger partial charge in [-0.1, -0.05) is 58.0 Å². The summed E-state index contributed by atoms with van der Waals surface area (Å²) in [6.07, 6.45) is 0. The summed E-state index contributed by atoms with van der Waals surface area (Å²) < 4.78 is 0. The zero-order valence-corrected chi connectivity index (χ0v) is 12.6. The van der Waals surface area contributed by atoms with Crippen LogP contribution >= 0.6 is 0 Å². The van der Waals surface area contributed by atoms with E-state index in [0.29, 0.717) is 17.6 Å². The van der Waals surface area contributed by atoms with Crippen LogP contribution in [0.4, 0.5) is 0 Å². The SMILES string of the molecule is CC(C)c1ccc(OOc2ccccc2C(C)C)cc1. The Hall–Kier alpha value is -1.96. The first-order chi connectivity index (χ1) is 9.58. The Morgan fingerprint density at radius 3 is 1.95 bits per heavy atom. The van der Waals surface area contributed by atoms with E-state index in [4.69, 9.17) is 9.78 Å². The van der Waals surface area contributed by atoms with Crippen molar-refractivity contribution >= 4 is 0 Å². The quantitative estimate of drug-likeness (QED) is 0.541. The minimum absolute atomic E-state index is 0.401. The molecule has 2 nitrogen and oxygen atoms in total. The average Bonchev–Trinajstić information content (AvgIpc) is 2.45. The third-order valence-electron chi connectivity index (χ3n) is 3.32. The maximum absolute atomic E-state index is 5.48. The van der Waals surface area contributed by atoms with Gasteiger partial charge < -0.3 is 0 Å². The second-order valence-corrected chi connectivity index (χ2v) is 5.58. The molecule has 0 saturated heterocycles. The fourth-order valence-electron chi connectivity index (χ4n) is 2.03. The topological polar surface area (TPSA) is 18.5 Å². The standard InChI is InChI=1S/C18H22O2/c1-13(2)15-9-11-16(12-10-15)19-20-18-8-6-5-7-17(18)14(3)4/h5-14H,1-4H3. The van der Waals surface area contributed by atoms with Gasteiger partial charge in [-0.25, -0.2) is 0 Å². The highest BCUT2D eigenvalue weighted by Crippen LogP contribution is 2.27. The van der Waals surface area contributed by atoms with E-state index in [1.54, 1.807) is 0 Å². The van der Waals surface area contributed by atoms with Crippen LogP contribution in [-0.2, 0) is 0 Å². The molecule has 0 radical (unpaired) electrons. The van der Waals surface area contributed by atoms with E-state index in [-0.39, 0.29) is 0 Å². The van der Waals surface area contributed by atoms with Gasteiger partial charge >= 0.3 is 0 Å². The molecule has 106 valence electrons. The predicted octanol–water partition coefficient (Wildman–Crippen LogP) is 5.31. The first-order valence-electron chi connectivity index (χ1n) is 7.11. The molecule has 2 aromatic rings. The number of hydrogen-bond donors (Lipinski definition) is 0. The summed E-state index contributed by atoms with van der Waals surface area (Å²) in [5.41, 5.74) is 2.44. The number of para-hydroxylation sites is 1. The fraction of sp³-hybridized carbons (Fsp3) is 0.333. The van der Waals surface area contributed by atoms with Crippen LogP contribution in [0.3, 0.4) is 0 Å². The van der Waals surface area contributed by atoms with Gasteiger partial charge in [0.2, 0.25) is 0 Å². The molecule has 0 aliphatic carbocycles.